The Kier molecular flexibility index (Phi) is 5.23. The van der Waals surface area contributed by atoms with Crippen LogP contribution in [0.4, 0.5) is 0 Å². The van der Waals surface area contributed by atoms with Gasteiger partial charge in [0.25, 0.3) is 0 Å². The first-order valence-electron chi connectivity index (χ1n) is 7.88. The average Bonchev–Trinajstić information content (AvgIpc) is 3.28. The molecule has 0 aliphatic carbocycles. The highest BCUT2D eigenvalue weighted by molar-refractivity contribution is 7.89. The highest BCUT2D eigenvalue weighted by atomic mass is 32.2. The van der Waals surface area contributed by atoms with Crippen molar-refractivity contribution in [2.45, 2.75) is 30.4 Å². The van der Waals surface area contributed by atoms with Gasteiger partial charge in [-0.05, 0) is 49.2 Å². The summed E-state index contributed by atoms with van der Waals surface area (Å²) in [4.78, 5) is 0.229. The lowest BCUT2D eigenvalue weighted by atomic mass is 10.2. The van der Waals surface area contributed by atoms with Crippen LogP contribution >= 0.6 is 0 Å². The third kappa shape index (κ3) is 3.80. The Hall–Kier alpha value is -1.83. The minimum atomic E-state index is -3.65. The largest absolute Gasteiger partial charge is 0.497 e. The molecular formula is C17H21NO5S. The van der Waals surface area contributed by atoms with E-state index >= 15 is 0 Å². The van der Waals surface area contributed by atoms with E-state index in [9.17, 15) is 8.42 Å². The monoisotopic (exact) mass is 351 g/mol. The van der Waals surface area contributed by atoms with Crippen molar-refractivity contribution in [1.29, 1.82) is 0 Å². The minimum absolute atomic E-state index is 0.0759. The van der Waals surface area contributed by atoms with Gasteiger partial charge in [0, 0.05) is 13.2 Å². The maximum absolute atomic E-state index is 13.0. The maximum atomic E-state index is 13.0. The molecule has 130 valence electrons. The summed E-state index contributed by atoms with van der Waals surface area (Å²) >= 11 is 0. The van der Waals surface area contributed by atoms with Gasteiger partial charge >= 0.3 is 0 Å². The molecule has 0 amide bonds. The standard InChI is InChI=1S/C17H21NO5S/c1-21-14-6-8-17(9-7-14)24(19,20)18(12-15-4-2-10-22-15)13-16-5-3-11-23-16/h2,4,6-10,16H,3,5,11-13H2,1H3/t16-/m1/s1. The van der Waals surface area contributed by atoms with E-state index < -0.39 is 10.0 Å². The van der Waals surface area contributed by atoms with Gasteiger partial charge in [-0.1, -0.05) is 0 Å². The molecule has 6 nitrogen and oxygen atoms in total. The molecule has 0 unspecified atom stereocenters. The molecule has 0 N–H and O–H groups in total. The van der Waals surface area contributed by atoms with E-state index in [4.69, 9.17) is 13.9 Å². The van der Waals surface area contributed by atoms with Crippen LogP contribution in [0.2, 0.25) is 0 Å². The molecule has 1 aliphatic rings. The zero-order valence-corrected chi connectivity index (χ0v) is 14.4. The lowest BCUT2D eigenvalue weighted by molar-refractivity contribution is 0.0914. The second-order valence-corrected chi connectivity index (χ2v) is 7.63. The molecule has 0 spiro atoms. The van der Waals surface area contributed by atoms with Crippen LogP contribution in [0.15, 0.2) is 52.0 Å². The van der Waals surface area contributed by atoms with Crippen LogP contribution in [0.5, 0.6) is 5.75 Å². The summed E-state index contributed by atoms with van der Waals surface area (Å²) in [5.41, 5.74) is 0. The molecule has 1 fully saturated rings. The topological polar surface area (TPSA) is 69.0 Å². The highest BCUT2D eigenvalue weighted by Crippen LogP contribution is 2.24. The molecule has 0 radical (unpaired) electrons. The van der Waals surface area contributed by atoms with Crippen LogP contribution in [0.3, 0.4) is 0 Å². The van der Waals surface area contributed by atoms with Gasteiger partial charge in [-0.3, -0.25) is 0 Å². The van der Waals surface area contributed by atoms with E-state index in [0.29, 0.717) is 24.7 Å². The summed E-state index contributed by atoms with van der Waals surface area (Å²) in [5.74, 6) is 1.22. The SMILES string of the molecule is COc1ccc(S(=O)(=O)N(Cc2ccco2)C[C@H]2CCCO2)cc1. The molecule has 7 heteroatoms. The van der Waals surface area contributed by atoms with Crippen LogP contribution in [0.1, 0.15) is 18.6 Å². The number of hydrogen-bond acceptors (Lipinski definition) is 5. The first-order chi connectivity index (χ1) is 11.6. The molecule has 2 heterocycles. The van der Waals surface area contributed by atoms with Gasteiger partial charge in [0.1, 0.15) is 11.5 Å². The number of nitrogens with zero attached hydrogens (tertiary/aromatic N) is 1. The van der Waals surface area contributed by atoms with E-state index in [1.54, 1.807) is 49.8 Å². The fraction of sp³-hybridized carbons (Fsp3) is 0.412. The summed E-state index contributed by atoms with van der Waals surface area (Å²) in [6, 6.07) is 9.91. The predicted octanol–water partition coefficient (Wildman–Crippen LogP) is 2.66. The molecule has 2 aromatic rings. The van der Waals surface area contributed by atoms with Crippen LogP contribution in [0.25, 0.3) is 0 Å². The van der Waals surface area contributed by atoms with Gasteiger partial charge in [0.2, 0.25) is 10.0 Å². The van der Waals surface area contributed by atoms with Gasteiger partial charge in [0.05, 0.1) is 30.9 Å². The summed E-state index contributed by atoms with van der Waals surface area (Å²) in [7, 11) is -2.11. The molecule has 24 heavy (non-hydrogen) atoms. The fourth-order valence-corrected chi connectivity index (χ4v) is 4.17. The predicted molar refractivity (Wildman–Crippen MR) is 88.3 cm³/mol. The van der Waals surface area contributed by atoms with Gasteiger partial charge in [-0.2, -0.15) is 4.31 Å². The van der Waals surface area contributed by atoms with Gasteiger partial charge in [0.15, 0.2) is 0 Å². The summed E-state index contributed by atoms with van der Waals surface area (Å²) in [6.45, 7) is 1.18. The summed E-state index contributed by atoms with van der Waals surface area (Å²) in [5, 5.41) is 0. The van der Waals surface area contributed by atoms with E-state index in [2.05, 4.69) is 0 Å². The highest BCUT2D eigenvalue weighted by Gasteiger charge is 2.29. The van der Waals surface area contributed by atoms with Gasteiger partial charge < -0.3 is 13.9 Å². The number of methoxy groups -OCH3 is 1. The van der Waals surface area contributed by atoms with Gasteiger partial charge in [-0.15, -0.1) is 0 Å². The Labute approximate surface area is 142 Å². The number of ether oxygens (including phenoxy) is 2. The molecule has 0 bridgehead atoms. The molecule has 1 atom stereocenters. The van der Waals surface area contributed by atoms with E-state index in [-0.39, 0.29) is 17.5 Å². The third-order valence-electron chi connectivity index (χ3n) is 4.04. The van der Waals surface area contributed by atoms with Crippen molar-refractivity contribution in [2.75, 3.05) is 20.3 Å². The lowest BCUT2D eigenvalue weighted by Crippen LogP contribution is -2.36. The average molecular weight is 351 g/mol. The summed E-state index contributed by atoms with van der Waals surface area (Å²) in [6.07, 6.45) is 3.29. The Morgan fingerprint density at radius 1 is 1.25 bits per heavy atom. The molecule has 1 aromatic carbocycles. The smallest absolute Gasteiger partial charge is 0.243 e. The van der Waals surface area contributed by atoms with Crippen molar-refractivity contribution in [3.63, 3.8) is 0 Å². The Morgan fingerprint density at radius 3 is 2.62 bits per heavy atom. The minimum Gasteiger partial charge on any atom is -0.497 e. The fourth-order valence-electron chi connectivity index (χ4n) is 2.74. The van der Waals surface area contributed by atoms with Crippen molar-refractivity contribution in [2.24, 2.45) is 0 Å². The van der Waals surface area contributed by atoms with Crippen molar-refractivity contribution in [3.05, 3.63) is 48.4 Å². The van der Waals surface area contributed by atoms with Gasteiger partial charge in [-0.25, -0.2) is 8.42 Å². The van der Waals surface area contributed by atoms with Crippen LogP contribution < -0.4 is 4.74 Å². The lowest BCUT2D eigenvalue weighted by Gasteiger charge is -2.24. The zero-order chi connectivity index (χ0) is 17.0. The molecular weight excluding hydrogens is 330 g/mol. The van der Waals surface area contributed by atoms with E-state index in [1.807, 2.05) is 0 Å². The normalized spacial score (nSPS) is 18.2. The maximum Gasteiger partial charge on any atom is 0.243 e. The second kappa shape index (κ2) is 7.38. The Bertz CT molecular complexity index is 734. The number of benzene rings is 1. The van der Waals surface area contributed by atoms with Crippen molar-refractivity contribution in [1.82, 2.24) is 4.31 Å². The van der Waals surface area contributed by atoms with E-state index in [0.717, 1.165) is 12.8 Å². The number of furan rings is 1. The molecule has 1 aliphatic heterocycles. The number of rotatable bonds is 7. The van der Waals surface area contributed by atoms with E-state index in [1.165, 1.54) is 4.31 Å². The van der Waals surface area contributed by atoms with Crippen LogP contribution in [0, 0.1) is 0 Å². The quantitative estimate of drug-likeness (QED) is 0.767. The second-order valence-electron chi connectivity index (χ2n) is 5.69. The molecule has 1 aromatic heterocycles. The number of sulfonamides is 1. The first kappa shape index (κ1) is 17.0. The Balaban J connectivity index is 1.86. The molecule has 0 saturated carbocycles. The zero-order valence-electron chi connectivity index (χ0n) is 13.6. The number of hydrogen-bond donors (Lipinski definition) is 0. The Morgan fingerprint density at radius 2 is 2.04 bits per heavy atom. The summed E-state index contributed by atoms with van der Waals surface area (Å²) < 4.78 is 43.5. The first-order valence-corrected chi connectivity index (χ1v) is 9.32. The molecule has 1 saturated heterocycles. The third-order valence-corrected chi connectivity index (χ3v) is 5.87. The van der Waals surface area contributed by atoms with Crippen molar-refractivity contribution >= 4 is 10.0 Å². The molecule has 3 rings (SSSR count). The van der Waals surface area contributed by atoms with Crippen LogP contribution in [-0.2, 0) is 21.3 Å². The van der Waals surface area contributed by atoms with Crippen molar-refractivity contribution in [3.8, 4) is 5.75 Å². The van der Waals surface area contributed by atoms with Crippen molar-refractivity contribution < 1.29 is 22.3 Å². The van der Waals surface area contributed by atoms with Crippen LogP contribution in [-0.4, -0.2) is 39.1 Å².